The van der Waals surface area contributed by atoms with Crippen molar-refractivity contribution in [2.75, 3.05) is 59.1 Å². The molecule has 0 fully saturated rings. The molecular formula is C25H39N3O5. The second-order valence-electron chi connectivity index (χ2n) is 7.90. The Balaban J connectivity index is 2.03. The van der Waals surface area contributed by atoms with E-state index in [9.17, 15) is 9.59 Å². The van der Waals surface area contributed by atoms with Gasteiger partial charge in [0.1, 0.15) is 19.0 Å². The zero-order valence-corrected chi connectivity index (χ0v) is 21.0. The standard InChI is InChI=1S/C25H39N3O5/c1-7-27(8-2)13-15-31-23(29)18-33-20-11-12-22-21(17-20)24(19(5)26(22)6)25(30)32-16-14-28(9-3)10-4/h11-12,17H,7-10,13-16,18H2,1-6H3. The maximum absolute atomic E-state index is 12.9. The van der Waals surface area contributed by atoms with Gasteiger partial charge < -0.3 is 28.6 Å². The van der Waals surface area contributed by atoms with Crippen molar-refractivity contribution in [2.24, 2.45) is 7.05 Å². The van der Waals surface area contributed by atoms with Gasteiger partial charge in [0.15, 0.2) is 6.61 Å². The van der Waals surface area contributed by atoms with Gasteiger partial charge in [-0.1, -0.05) is 27.7 Å². The molecule has 33 heavy (non-hydrogen) atoms. The van der Waals surface area contributed by atoms with Crippen LogP contribution >= 0.6 is 0 Å². The predicted octanol–water partition coefficient (Wildman–Crippen LogP) is 3.25. The highest BCUT2D eigenvalue weighted by atomic mass is 16.6. The lowest BCUT2D eigenvalue weighted by molar-refractivity contribution is -0.146. The monoisotopic (exact) mass is 461 g/mol. The van der Waals surface area contributed by atoms with Gasteiger partial charge in [-0.05, 0) is 51.3 Å². The maximum Gasteiger partial charge on any atom is 0.344 e. The van der Waals surface area contributed by atoms with Crippen LogP contribution in [0.2, 0.25) is 0 Å². The van der Waals surface area contributed by atoms with Crippen molar-refractivity contribution in [3.63, 3.8) is 0 Å². The largest absolute Gasteiger partial charge is 0.482 e. The summed E-state index contributed by atoms with van der Waals surface area (Å²) in [4.78, 5) is 29.3. The van der Waals surface area contributed by atoms with Crippen LogP contribution in [0.5, 0.6) is 5.75 Å². The highest BCUT2D eigenvalue weighted by Crippen LogP contribution is 2.29. The number of carbonyl (C=O) groups excluding carboxylic acids is 2. The van der Waals surface area contributed by atoms with E-state index in [0.29, 0.717) is 37.6 Å². The molecule has 184 valence electrons. The van der Waals surface area contributed by atoms with E-state index in [0.717, 1.165) is 42.8 Å². The van der Waals surface area contributed by atoms with E-state index >= 15 is 0 Å². The quantitative estimate of drug-likeness (QED) is 0.400. The summed E-state index contributed by atoms with van der Waals surface area (Å²) in [5, 5.41) is 0.746. The minimum Gasteiger partial charge on any atom is -0.482 e. The molecule has 2 rings (SSSR count). The van der Waals surface area contributed by atoms with Gasteiger partial charge in [-0.3, -0.25) is 0 Å². The van der Waals surface area contributed by atoms with Crippen molar-refractivity contribution in [1.82, 2.24) is 14.4 Å². The van der Waals surface area contributed by atoms with Crippen molar-refractivity contribution in [3.05, 3.63) is 29.5 Å². The summed E-state index contributed by atoms with van der Waals surface area (Å²) in [7, 11) is 1.91. The van der Waals surface area contributed by atoms with Crippen molar-refractivity contribution in [2.45, 2.75) is 34.6 Å². The summed E-state index contributed by atoms with van der Waals surface area (Å²) in [5.41, 5.74) is 2.25. The van der Waals surface area contributed by atoms with E-state index in [1.54, 1.807) is 12.1 Å². The minimum absolute atomic E-state index is 0.181. The number of esters is 2. The third kappa shape index (κ3) is 7.20. The first-order valence-electron chi connectivity index (χ1n) is 11.8. The minimum atomic E-state index is -0.414. The first-order valence-corrected chi connectivity index (χ1v) is 11.8. The number of hydrogen-bond acceptors (Lipinski definition) is 7. The molecule has 0 aliphatic carbocycles. The van der Waals surface area contributed by atoms with E-state index in [1.807, 2.05) is 24.6 Å². The maximum atomic E-state index is 12.9. The van der Waals surface area contributed by atoms with Crippen LogP contribution in [0.15, 0.2) is 18.2 Å². The van der Waals surface area contributed by atoms with Gasteiger partial charge in [0.05, 0.1) is 5.56 Å². The molecule has 0 N–H and O–H groups in total. The number of carbonyl (C=O) groups is 2. The van der Waals surface area contributed by atoms with Crippen molar-refractivity contribution < 1.29 is 23.8 Å². The lowest BCUT2D eigenvalue weighted by Gasteiger charge is -2.17. The van der Waals surface area contributed by atoms with Crippen molar-refractivity contribution in [3.8, 4) is 5.75 Å². The highest BCUT2D eigenvalue weighted by Gasteiger charge is 2.21. The average Bonchev–Trinajstić information content (AvgIpc) is 3.07. The number of fused-ring (bicyclic) bond motifs is 1. The van der Waals surface area contributed by atoms with Crippen LogP contribution in [0.25, 0.3) is 10.9 Å². The molecule has 1 heterocycles. The molecular weight excluding hydrogens is 422 g/mol. The lowest BCUT2D eigenvalue weighted by atomic mass is 10.1. The van der Waals surface area contributed by atoms with Gasteiger partial charge in [0.25, 0.3) is 0 Å². The average molecular weight is 462 g/mol. The highest BCUT2D eigenvalue weighted by molar-refractivity contribution is 6.06. The summed E-state index contributed by atoms with van der Waals surface area (Å²) in [5.74, 6) is -0.258. The normalized spacial score (nSPS) is 11.4. The van der Waals surface area contributed by atoms with Crippen molar-refractivity contribution in [1.29, 1.82) is 0 Å². The molecule has 2 aromatic rings. The van der Waals surface area contributed by atoms with Crippen LogP contribution in [0.1, 0.15) is 43.7 Å². The topological polar surface area (TPSA) is 73.2 Å². The fourth-order valence-corrected chi connectivity index (χ4v) is 3.79. The Labute approximate surface area is 197 Å². The smallest absolute Gasteiger partial charge is 0.344 e. The summed E-state index contributed by atoms with van der Waals surface area (Å²) < 4.78 is 18.5. The fourth-order valence-electron chi connectivity index (χ4n) is 3.79. The molecule has 1 aromatic carbocycles. The zero-order chi connectivity index (χ0) is 24.4. The van der Waals surface area contributed by atoms with E-state index < -0.39 is 5.97 Å². The molecule has 0 bridgehead atoms. The molecule has 8 heteroatoms. The van der Waals surface area contributed by atoms with E-state index in [2.05, 4.69) is 37.5 Å². The number of aromatic nitrogens is 1. The van der Waals surface area contributed by atoms with E-state index in [4.69, 9.17) is 14.2 Å². The molecule has 0 aliphatic heterocycles. The van der Waals surface area contributed by atoms with Crippen LogP contribution in [0.3, 0.4) is 0 Å². The van der Waals surface area contributed by atoms with Crippen LogP contribution in [0.4, 0.5) is 0 Å². The Morgan fingerprint density at radius 2 is 1.48 bits per heavy atom. The molecule has 0 spiro atoms. The third-order valence-electron chi connectivity index (χ3n) is 6.12. The SMILES string of the molecule is CCN(CC)CCOC(=O)COc1ccc2c(c1)c(C(=O)OCCN(CC)CC)c(C)n2C. The summed E-state index contributed by atoms with van der Waals surface area (Å²) in [6.45, 7) is 15.8. The molecule has 0 unspecified atom stereocenters. The fraction of sp³-hybridized carbons (Fsp3) is 0.600. The summed E-state index contributed by atoms with van der Waals surface area (Å²) in [6.07, 6.45) is 0. The number of ether oxygens (including phenoxy) is 3. The van der Waals surface area contributed by atoms with Gasteiger partial charge in [-0.15, -0.1) is 0 Å². The number of aryl methyl sites for hydroxylation is 1. The zero-order valence-electron chi connectivity index (χ0n) is 21.0. The van der Waals surface area contributed by atoms with Gasteiger partial charge in [0, 0.05) is 36.7 Å². The predicted molar refractivity (Wildman–Crippen MR) is 130 cm³/mol. The second-order valence-corrected chi connectivity index (χ2v) is 7.90. The molecule has 0 amide bonds. The Hall–Kier alpha value is -2.58. The van der Waals surface area contributed by atoms with Crippen LogP contribution in [-0.4, -0.2) is 85.4 Å². The first kappa shape index (κ1) is 26.7. The molecule has 0 atom stereocenters. The van der Waals surface area contributed by atoms with Crippen molar-refractivity contribution >= 4 is 22.8 Å². The van der Waals surface area contributed by atoms with E-state index in [1.165, 1.54) is 0 Å². The molecule has 0 aliphatic rings. The Morgan fingerprint density at radius 1 is 0.909 bits per heavy atom. The van der Waals surface area contributed by atoms with Crippen LogP contribution in [-0.2, 0) is 21.3 Å². The van der Waals surface area contributed by atoms with Gasteiger partial charge in [-0.25, -0.2) is 9.59 Å². The molecule has 8 nitrogen and oxygen atoms in total. The van der Waals surface area contributed by atoms with Crippen LogP contribution < -0.4 is 4.74 Å². The Kier molecular flexibility index (Phi) is 10.7. The summed E-state index contributed by atoms with van der Waals surface area (Å²) >= 11 is 0. The Morgan fingerprint density at radius 3 is 2.06 bits per heavy atom. The first-order chi connectivity index (χ1) is 15.9. The van der Waals surface area contributed by atoms with Gasteiger partial charge in [-0.2, -0.15) is 0 Å². The number of hydrogen-bond donors (Lipinski definition) is 0. The lowest BCUT2D eigenvalue weighted by Crippen LogP contribution is -2.28. The molecule has 0 saturated carbocycles. The van der Waals surface area contributed by atoms with Crippen LogP contribution in [0, 0.1) is 6.92 Å². The molecule has 0 saturated heterocycles. The number of benzene rings is 1. The Bertz CT molecular complexity index is 916. The number of rotatable bonds is 14. The number of likely N-dealkylation sites (N-methyl/N-ethyl adjacent to an activating group) is 2. The second kappa shape index (κ2) is 13.2. The summed E-state index contributed by atoms with van der Waals surface area (Å²) in [6, 6.07) is 5.46. The van der Waals surface area contributed by atoms with E-state index in [-0.39, 0.29) is 12.6 Å². The van der Waals surface area contributed by atoms with Gasteiger partial charge in [0.2, 0.25) is 0 Å². The third-order valence-corrected chi connectivity index (χ3v) is 6.12. The molecule has 1 aromatic heterocycles. The number of nitrogens with zero attached hydrogens (tertiary/aromatic N) is 3. The van der Waals surface area contributed by atoms with Gasteiger partial charge >= 0.3 is 11.9 Å². The molecule has 0 radical (unpaired) electrons.